The van der Waals surface area contributed by atoms with Crippen molar-refractivity contribution in [2.45, 2.75) is 26.5 Å². The van der Waals surface area contributed by atoms with Crippen molar-refractivity contribution >= 4 is 15.8 Å². The summed E-state index contributed by atoms with van der Waals surface area (Å²) in [4.78, 5) is 11.5. The van der Waals surface area contributed by atoms with E-state index >= 15 is 0 Å². The number of carbonyl (C=O) groups excluding carboxylic acids is 1. The molecule has 0 atom stereocenters. The van der Waals surface area contributed by atoms with Gasteiger partial charge in [0.25, 0.3) is 0 Å². The molecule has 0 aliphatic heterocycles. The summed E-state index contributed by atoms with van der Waals surface area (Å²) in [5.41, 5.74) is 0.570. The van der Waals surface area contributed by atoms with Crippen molar-refractivity contribution in [1.82, 2.24) is 15.0 Å². The number of ether oxygens (including phenoxy) is 2. The lowest BCUT2D eigenvalue weighted by Crippen LogP contribution is -2.14. The molecule has 9 heteroatoms. The standard InChI is InChI=1S/C11H19N3O5S/c1-4-20(16,17)7-5-6-14-9(8-18-2)10(12-13-14)11(15)19-3/h4-8H2,1-3H3. The van der Waals surface area contributed by atoms with Gasteiger partial charge in [0, 0.05) is 19.4 Å². The van der Waals surface area contributed by atoms with Gasteiger partial charge in [-0.1, -0.05) is 12.1 Å². The summed E-state index contributed by atoms with van der Waals surface area (Å²) in [5, 5.41) is 7.59. The van der Waals surface area contributed by atoms with E-state index in [0.29, 0.717) is 18.7 Å². The quantitative estimate of drug-likeness (QED) is 0.625. The molecule has 1 aromatic rings. The molecule has 0 amide bonds. The summed E-state index contributed by atoms with van der Waals surface area (Å²) in [6, 6.07) is 0. The number of sulfone groups is 1. The van der Waals surface area contributed by atoms with E-state index in [1.165, 1.54) is 18.9 Å². The number of esters is 1. The van der Waals surface area contributed by atoms with Crippen LogP contribution in [0.5, 0.6) is 0 Å². The number of hydrogen-bond acceptors (Lipinski definition) is 7. The number of hydrogen-bond donors (Lipinski definition) is 0. The van der Waals surface area contributed by atoms with Crippen LogP contribution >= 0.6 is 0 Å². The highest BCUT2D eigenvalue weighted by Crippen LogP contribution is 2.09. The zero-order valence-electron chi connectivity index (χ0n) is 11.8. The van der Waals surface area contributed by atoms with Crippen molar-refractivity contribution in [2.24, 2.45) is 0 Å². The van der Waals surface area contributed by atoms with Gasteiger partial charge < -0.3 is 9.47 Å². The van der Waals surface area contributed by atoms with Crippen molar-refractivity contribution in [2.75, 3.05) is 25.7 Å². The third-order valence-electron chi connectivity index (χ3n) is 2.76. The van der Waals surface area contributed by atoms with Crippen LogP contribution in [-0.2, 0) is 32.5 Å². The molecule has 0 aliphatic rings. The van der Waals surface area contributed by atoms with Gasteiger partial charge in [0.15, 0.2) is 5.69 Å². The first-order valence-corrected chi connectivity index (χ1v) is 7.97. The Morgan fingerprint density at radius 3 is 2.60 bits per heavy atom. The normalized spacial score (nSPS) is 11.6. The third-order valence-corrected chi connectivity index (χ3v) is 4.55. The van der Waals surface area contributed by atoms with E-state index in [-0.39, 0.29) is 23.8 Å². The third kappa shape index (κ3) is 4.27. The van der Waals surface area contributed by atoms with Crippen LogP contribution in [0, 0.1) is 0 Å². The second kappa shape index (κ2) is 7.34. The molecule has 20 heavy (non-hydrogen) atoms. The van der Waals surface area contributed by atoms with Gasteiger partial charge in [0.1, 0.15) is 9.84 Å². The summed E-state index contributed by atoms with van der Waals surface area (Å²) < 4.78 is 33.9. The first kappa shape index (κ1) is 16.6. The van der Waals surface area contributed by atoms with Crippen molar-refractivity contribution in [3.05, 3.63) is 11.4 Å². The Labute approximate surface area is 118 Å². The minimum absolute atomic E-state index is 0.0728. The van der Waals surface area contributed by atoms with Gasteiger partial charge in [0.05, 0.1) is 25.2 Å². The van der Waals surface area contributed by atoms with E-state index in [4.69, 9.17) is 4.74 Å². The maximum absolute atomic E-state index is 11.5. The number of nitrogens with zero attached hydrogens (tertiary/aromatic N) is 3. The van der Waals surface area contributed by atoms with Crippen LogP contribution in [0.25, 0.3) is 0 Å². The molecule has 1 rings (SSSR count). The first-order chi connectivity index (χ1) is 9.45. The molecule has 0 aliphatic carbocycles. The highest BCUT2D eigenvalue weighted by atomic mass is 32.2. The Balaban J connectivity index is 2.80. The average molecular weight is 305 g/mol. The summed E-state index contributed by atoms with van der Waals surface area (Å²) in [5.74, 6) is -0.407. The Hall–Kier alpha value is -1.48. The molecule has 0 fully saturated rings. The molecule has 0 N–H and O–H groups in total. The number of methoxy groups -OCH3 is 2. The van der Waals surface area contributed by atoms with Gasteiger partial charge >= 0.3 is 5.97 Å². The van der Waals surface area contributed by atoms with E-state index in [9.17, 15) is 13.2 Å². The minimum atomic E-state index is -3.01. The maximum Gasteiger partial charge on any atom is 0.360 e. The predicted octanol–water partition coefficient (Wildman–Crippen LogP) is 0.0359. The van der Waals surface area contributed by atoms with Gasteiger partial charge in [-0.2, -0.15) is 0 Å². The fraction of sp³-hybridized carbons (Fsp3) is 0.727. The van der Waals surface area contributed by atoms with E-state index < -0.39 is 15.8 Å². The van der Waals surface area contributed by atoms with Crippen molar-refractivity contribution in [3.63, 3.8) is 0 Å². The lowest BCUT2D eigenvalue weighted by Gasteiger charge is -2.06. The Morgan fingerprint density at radius 1 is 1.35 bits per heavy atom. The smallest absolute Gasteiger partial charge is 0.360 e. The molecule has 0 saturated heterocycles. The van der Waals surface area contributed by atoms with Crippen LogP contribution in [0.3, 0.4) is 0 Å². The number of aryl methyl sites for hydroxylation is 1. The molecule has 0 spiro atoms. The molecule has 8 nitrogen and oxygen atoms in total. The Kier molecular flexibility index (Phi) is 6.08. The summed E-state index contributed by atoms with van der Waals surface area (Å²) >= 11 is 0. The summed E-state index contributed by atoms with van der Waals surface area (Å²) in [6.07, 6.45) is 0.400. The number of carbonyl (C=O) groups is 1. The van der Waals surface area contributed by atoms with Crippen LogP contribution < -0.4 is 0 Å². The monoisotopic (exact) mass is 305 g/mol. The van der Waals surface area contributed by atoms with Crippen LogP contribution in [0.1, 0.15) is 29.5 Å². The number of aromatic nitrogens is 3. The highest BCUT2D eigenvalue weighted by Gasteiger charge is 2.20. The van der Waals surface area contributed by atoms with Crippen LogP contribution in [0.2, 0.25) is 0 Å². The van der Waals surface area contributed by atoms with Gasteiger partial charge in [-0.3, -0.25) is 0 Å². The molecule has 0 unspecified atom stereocenters. The summed E-state index contributed by atoms with van der Waals surface area (Å²) in [6.45, 7) is 2.11. The van der Waals surface area contributed by atoms with Gasteiger partial charge in [-0.15, -0.1) is 5.10 Å². The van der Waals surface area contributed by atoms with Crippen molar-refractivity contribution in [1.29, 1.82) is 0 Å². The van der Waals surface area contributed by atoms with Gasteiger partial charge in [0.2, 0.25) is 0 Å². The maximum atomic E-state index is 11.5. The minimum Gasteiger partial charge on any atom is -0.464 e. The Morgan fingerprint density at radius 2 is 2.05 bits per heavy atom. The fourth-order valence-corrected chi connectivity index (χ4v) is 2.48. The molecule has 0 saturated carbocycles. The molecule has 0 bridgehead atoms. The Bertz CT molecular complexity index is 552. The summed E-state index contributed by atoms with van der Waals surface area (Å²) in [7, 11) is -0.272. The fourth-order valence-electron chi connectivity index (χ4n) is 1.63. The highest BCUT2D eigenvalue weighted by molar-refractivity contribution is 7.91. The number of rotatable bonds is 8. The average Bonchev–Trinajstić information content (AvgIpc) is 2.81. The molecule has 114 valence electrons. The molecular weight excluding hydrogens is 286 g/mol. The zero-order chi connectivity index (χ0) is 15.2. The predicted molar refractivity (Wildman–Crippen MR) is 71.0 cm³/mol. The van der Waals surface area contributed by atoms with E-state index in [0.717, 1.165) is 0 Å². The van der Waals surface area contributed by atoms with Crippen molar-refractivity contribution in [3.8, 4) is 0 Å². The van der Waals surface area contributed by atoms with Crippen LogP contribution in [0.15, 0.2) is 0 Å². The van der Waals surface area contributed by atoms with Crippen molar-refractivity contribution < 1.29 is 22.7 Å². The second-order valence-electron chi connectivity index (χ2n) is 4.12. The van der Waals surface area contributed by atoms with E-state index in [1.807, 2.05) is 0 Å². The first-order valence-electron chi connectivity index (χ1n) is 6.15. The SMILES string of the molecule is CCS(=O)(=O)CCCn1nnc(C(=O)OC)c1COC. The van der Waals surface area contributed by atoms with Gasteiger partial charge in [-0.25, -0.2) is 17.9 Å². The molecule has 0 radical (unpaired) electrons. The molecule has 1 heterocycles. The van der Waals surface area contributed by atoms with E-state index in [1.54, 1.807) is 6.92 Å². The zero-order valence-corrected chi connectivity index (χ0v) is 12.6. The molecule has 0 aromatic carbocycles. The topological polar surface area (TPSA) is 100 Å². The van der Waals surface area contributed by atoms with Crippen LogP contribution in [-0.4, -0.2) is 55.1 Å². The van der Waals surface area contributed by atoms with Gasteiger partial charge in [-0.05, 0) is 6.42 Å². The van der Waals surface area contributed by atoms with E-state index in [2.05, 4.69) is 15.0 Å². The lowest BCUT2D eigenvalue weighted by molar-refractivity contribution is 0.0588. The lowest BCUT2D eigenvalue weighted by atomic mass is 10.3. The molecular formula is C11H19N3O5S. The second-order valence-corrected chi connectivity index (χ2v) is 6.60. The largest absolute Gasteiger partial charge is 0.464 e. The molecule has 1 aromatic heterocycles. The van der Waals surface area contributed by atoms with Crippen LogP contribution in [0.4, 0.5) is 0 Å².